The van der Waals surface area contributed by atoms with Crippen molar-refractivity contribution in [3.63, 3.8) is 0 Å². The predicted molar refractivity (Wildman–Crippen MR) is 81.7 cm³/mol. The Morgan fingerprint density at radius 1 is 1.53 bits per heavy atom. The Labute approximate surface area is 120 Å². The van der Waals surface area contributed by atoms with Crippen molar-refractivity contribution in [2.45, 2.75) is 32.2 Å². The second-order valence-corrected chi connectivity index (χ2v) is 6.63. The minimum absolute atomic E-state index is 0.354. The first kappa shape index (κ1) is 15.0. The summed E-state index contributed by atoms with van der Waals surface area (Å²) in [6.07, 6.45) is 3.60. The van der Waals surface area contributed by atoms with E-state index in [0.29, 0.717) is 18.5 Å². The molecule has 0 aliphatic carbocycles. The molecule has 108 valence electrons. The molecule has 3 nitrogen and oxygen atoms in total. The fourth-order valence-corrected chi connectivity index (χ4v) is 3.89. The van der Waals surface area contributed by atoms with E-state index in [9.17, 15) is 0 Å². The normalized spacial score (nSPS) is 21.8. The highest BCUT2D eigenvalue weighted by Gasteiger charge is 2.22. The van der Waals surface area contributed by atoms with E-state index in [1.807, 2.05) is 11.3 Å². The van der Waals surface area contributed by atoms with Crippen molar-refractivity contribution in [1.29, 1.82) is 0 Å². The number of nitrogens with two attached hydrogens (primary N) is 1. The zero-order chi connectivity index (χ0) is 13.7. The summed E-state index contributed by atoms with van der Waals surface area (Å²) in [7, 11) is 2.19. The summed E-state index contributed by atoms with van der Waals surface area (Å²) < 4.78 is 5.57. The molecule has 1 aromatic rings. The average Bonchev–Trinajstić information content (AvgIpc) is 2.89. The number of hydrogen-bond acceptors (Lipinski definition) is 4. The van der Waals surface area contributed by atoms with Gasteiger partial charge in [-0.25, -0.2) is 0 Å². The van der Waals surface area contributed by atoms with Crippen molar-refractivity contribution < 1.29 is 4.74 Å². The van der Waals surface area contributed by atoms with E-state index in [4.69, 9.17) is 10.5 Å². The zero-order valence-corrected chi connectivity index (χ0v) is 12.9. The largest absolute Gasteiger partial charge is 0.381 e. The van der Waals surface area contributed by atoms with Gasteiger partial charge in [-0.05, 0) is 44.4 Å². The number of aryl methyl sites for hydroxylation is 1. The van der Waals surface area contributed by atoms with Crippen LogP contribution in [0, 0.1) is 5.92 Å². The minimum Gasteiger partial charge on any atom is -0.381 e. The molecule has 0 radical (unpaired) electrons. The van der Waals surface area contributed by atoms with Gasteiger partial charge in [0.15, 0.2) is 0 Å². The van der Waals surface area contributed by atoms with Crippen molar-refractivity contribution in [3.8, 4) is 0 Å². The highest BCUT2D eigenvalue weighted by molar-refractivity contribution is 7.12. The van der Waals surface area contributed by atoms with Gasteiger partial charge >= 0.3 is 0 Å². The zero-order valence-electron chi connectivity index (χ0n) is 12.1. The number of ether oxygens (including phenoxy) is 1. The molecule has 2 heterocycles. The molecule has 0 saturated carbocycles. The fourth-order valence-electron chi connectivity index (χ4n) is 2.76. The van der Waals surface area contributed by atoms with Crippen LogP contribution in [0.15, 0.2) is 12.1 Å². The van der Waals surface area contributed by atoms with Gasteiger partial charge < -0.3 is 10.5 Å². The number of thiophene rings is 1. The quantitative estimate of drug-likeness (QED) is 0.872. The summed E-state index contributed by atoms with van der Waals surface area (Å²) in [5, 5.41) is 0. The summed E-state index contributed by atoms with van der Waals surface area (Å²) in [6.45, 7) is 5.82. The lowest BCUT2D eigenvalue weighted by Gasteiger charge is -2.31. The molecule has 2 atom stereocenters. The first-order chi connectivity index (χ1) is 9.24. The third-order valence-electron chi connectivity index (χ3n) is 3.92. The standard InChI is InChI=1S/C15H26N2OS/c1-3-13-6-7-15(19-13)14(9-16)17(2)10-12-5-4-8-18-11-12/h6-7,12,14H,3-5,8-11,16H2,1-2H3. The highest BCUT2D eigenvalue weighted by Crippen LogP contribution is 2.28. The van der Waals surface area contributed by atoms with Gasteiger partial charge in [-0.3, -0.25) is 4.90 Å². The smallest absolute Gasteiger partial charge is 0.0562 e. The van der Waals surface area contributed by atoms with Gasteiger partial charge in [0.05, 0.1) is 12.6 Å². The molecule has 0 aromatic carbocycles. The van der Waals surface area contributed by atoms with Crippen LogP contribution in [-0.4, -0.2) is 38.3 Å². The summed E-state index contributed by atoms with van der Waals surface area (Å²) in [5.41, 5.74) is 6.00. The van der Waals surface area contributed by atoms with Gasteiger partial charge in [0.25, 0.3) is 0 Å². The highest BCUT2D eigenvalue weighted by atomic mass is 32.1. The lowest BCUT2D eigenvalue weighted by molar-refractivity contribution is 0.0367. The predicted octanol–water partition coefficient (Wildman–Crippen LogP) is 2.67. The Bertz CT molecular complexity index is 374. The Morgan fingerprint density at radius 3 is 2.95 bits per heavy atom. The van der Waals surface area contributed by atoms with E-state index in [1.54, 1.807) is 0 Å². The molecule has 1 saturated heterocycles. The van der Waals surface area contributed by atoms with Crippen LogP contribution in [-0.2, 0) is 11.2 Å². The minimum atomic E-state index is 0.354. The Morgan fingerprint density at radius 2 is 2.37 bits per heavy atom. The molecule has 2 N–H and O–H groups in total. The summed E-state index contributed by atoms with van der Waals surface area (Å²) in [6, 6.07) is 4.84. The van der Waals surface area contributed by atoms with E-state index in [1.165, 1.54) is 22.6 Å². The van der Waals surface area contributed by atoms with Crippen molar-refractivity contribution in [2.24, 2.45) is 11.7 Å². The van der Waals surface area contributed by atoms with Crippen LogP contribution in [0.25, 0.3) is 0 Å². The number of hydrogen-bond donors (Lipinski definition) is 1. The van der Waals surface area contributed by atoms with Crippen LogP contribution in [0.1, 0.15) is 35.6 Å². The third-order valence-corrected chi connectivity index (χ3v) is 5.25. The van der Waals surface area contributed by atoms with Crippen molar-refractivity contribution in [2.75, 3.05) is 33.4 Å². The molecule has 1 aliphatic heterocycles. The van der Waals surface area contributed by atoms with Gasteiger partial charge in [-0.15, -0.1) is 11.3 Å². The van der Waals surface area contributed by atoms with Crippen molar-refractivity contribution >= 4 is 11.3 Å². The van der Waals surface area contributed by atoms with E-state index < -0.39 is 0 Å². The Balaban J connectivity index is 1.95. The first-order valence-corrected chi connectivity index (χ1v) is 8.12. The van der Waals surface area contributed by atoms with Crippen LogP contribution < -0.4 is 5.73 Å². The van der Waals surface area contributed by atoms with Crippen LogP contribution in [0.3, 0.4) is 0 Å². The van der Waals surface area contributed by atoms with Gasteiger partial charge in [0, 0.05) is 29.5 Å². The second kappa shape index (κ2) is 7.39. The fraction of sp³-hybridized carbons (Fsp3) is 0.733. The molecule has 1 aromatic heterocycles. The first-order valence-electron chi connectivity index (χ1n) is 7.31. The maximum Gasteiger partial charge on any atom is 0.0562 e. The molecule has 1 fully saturated rings. The van der Waals surface area contributed by atoms with Gasteiger partial charge in [-0.2, -0.15) is 0 Å². The maximum atomic E-state index is 6.00. The average molecular weight is 282 g/mol. The molecule has 0 spiro atoms. The number of nitrogens with zero attached hydrogens (tertiary/aromatic N) is 1. The molecule has 0 bridgehead atoms. The van der Waals surface area contributed by atoms with Gasteiger partial charge in [-0.1, -0.05) is 6.92 Å². The SMILES string of the molecule is CCc1ccc(C(CN)N(C)CC2CCCOC2)s1. The number of likely N-dealkylation sites (N-methyl/N-ethyl adjacent to an activating group) is 1. The van der Waals surface area contributed by atoms with E-state index in [-0.39, 0.29) is 0 Å². The molecular formula is C15H26N2OS. The molecule has 2 rings (SSSR count). The monoisotopic (exact) mass is 282 g/mol. The molecule has 1 aliphatic rings. The molecule has 2 unspecified atom stereocenters. The molecular weight excluding hydrogens is 256 g/mol. The van der Waals surface area contributed by atoms with E-state index in [0.717, 1.165) is 26.2 Å². The summed E-state index contributed by atoms with van der Waals surface area (Å²) in [4.78, 5) is 5.26. The van der Waals surface area contributed by atoms with Crippen LogP contribution in [0.4, 0.5) is 0 Å². The molecule has 19 heavy (non-hydrogen) atoms. The topological polar surface area (TPSA) is 38.5 Å². The second-order valence-electron chi connectivity index (χ2n) is 5.43. The van der Waals surface area contributed by atoms with Crippen LogP contribution in [0.2, 0.25) is 0 Å². The third kappa shape index (κ3) is 4.02. The summed E-state index contributed by atoms with van der Waals surface area (Å²) >= 11 is 1.90. The van der Waals surface area contributed by atoms with Crippen molar-refractivity contribution in [1.82, 2.24) is 4.90 Å². The summed E-state index contributed by atoms with van der Waals surface area (Å²) in [5.74, 6) is 0.665. The van der Waals surface area contributed by atoms with Crippen molar-refractivity contribution in [3.05, 3.63) is 21.9 Å². The van der Waals surface area contributed by atoms with Crippen LogP contribution in [0.5, 0.6) is 0 Å². The lowest BCUT2D eigenvalue weighted by Crippen LogP contribution is -2.36. The molecule has 0 amide bonds. The van der Waals surface area contributed by atoms with E-state index in [2.05, 4.69) is 31.0 Å². The van der Waals surface area contributed by atoms with Gasteiger partial charge in [0.1, 0.15) is 0 Å². The maximum absolute atomic E-state index is 6.00. The number of rotatable bonds is 6. The Kier molecular flexibility index (Phi) is 5.82. The Hall–Kier alpha value is -0.420. The van der Waals surface area contributed by atoms with Gasteiger partial charge in [0.2, 0.25) is 0 Å². The van der Waals surface area contributed by atoms with Crippen LogP contribution >= 0.6 is 11.3 Å². The van der Waals surface area contributed by atoms with E-state index >= 15 is 0 Å². The lowest BCUT2D eigenvalue weighted by atomic mass is 10.0. The molecule has 4 heteroatoms.